The molecule has 0 aliphatic heterocycles. The zero-order valence-corrected chi connectivity index (χ0v) is 28.6. The molecule has 4 heteroatoms. The van der Waals surface area contributed by atoms with Crippen molar-refractivity contribution in [3.05, 3.63) is 187 Å². The Morgan fingerprint density at radius 3 is 1.51 bits per heavy atom. The summed E-state index contributed by atoms with van der Waals surface area (Å²) in [5.74, 6) is 0. The van der Waals surface area contributed by atoms with E-state index in [0.717, 1.165) is 45.0 Å². The largest absolute Gasteiger partial charge is 3.00 e. The van der Waals surface area contributed by atoms with E-state index in [9.17, 15) is 0 Å². The normalized spacial score (nSPS) is 12.1. The zero-order chi connectivity index (χ0) is 35.3. The van der Waals surface area contributed by atoms with Crippen molar-refractivity contribution in [2.45, 2.75) is 27.1 Å². The van der Waals surface area contributed by atoms with Gasteiger partial charge in [0.1, 0.15) is 0 Å². The third kappa shape index (κ3) is 10.2. The number of hydrogen-bond acceptors (Lipinski definition) is 3. The number of aromatic nitrogens is 3. The van der Waals surface area contributed by atoms with Gasteiger partial charge in [-0.3, -0.25) is 0 Å². The maximum Gasteiger partial charge on any atom is 3.00 e. The van der Waals surface area contributed by atoms with Crippen molar-refractivity contribution in [3.63, 3.8) is 0 Å². The molecular formula is C43H36IrN3. The second-order valence-electron chi connectivity index (χ2n) is 10.3. The molecule has 232 valence electrons. The van der Waals surface area contributed by atoms with Gasteiger partial charge in [-0.05, 0) is 60.6 Å². The predicted octanol–water partition coefficient (Wildman–Crippen LogP) is 10.5. The molecule has 0 N–H and O–H groups in total. The molecule has 0 aliphatic carbocycles. The molecule has 7 aromatic rings. The van der Waals surface area contributed by atoms with Crippen LogP contribution in [0.25, 0.3) is 44.9 Å². The maximum absolute atomic E-state index is 8.21. The first-order chi connectivity index (χ1) is 24.2. The summed E-state index contributed by atoms with van der Waals surface area (Å²) in [5.41, 5.74) is 9.51. The molecule has 3 aromatic heterocycles. The van der Waals surface area contributed by atoms with Gasteiger partial charge in [-0.1, -0.05) is 67.5 Å². The van der Waals surface area contributed by atoms with Gasteiger partial charge in [0, 0.05) is 28.6 Å². The Morgan fingerprint density at radius 2 is 1.06 bits per heavy atom. The molecule has 0 saturated heterocycles. The number of rotatable bonds is 5. The second kappa shape index (κ2) is 18.2. The Kier molecular flexibility index (Phi) is 11.4. The molecule has 0 spiro atoms. The fourth-order valence-corrected chi connectivity index (χ4v) is 4.64. The van der Waals surface area contributed by atoms with E-state index in [0.29, 0.717) is 16.8 Å². The van der Waals surface area contributed by atoms with Gasteiger partial charge in [0.25, 0.3) is 0 Å². The number of nitrogens with zero attached hydrogens (tertiary/aromatic N) is 3. The van der Waals surface area contributed by atoms with Crippen molar-refractivity contribution in [1.82, 2.24) is 15.0 Å². The van der Waals surface area contributed by atoms with Crippen LogP contribution < -0.4 is 0 Å². The van der Waals surface area contributed by atoms with Crippen LogP contribution in [-0.4, -0.2) is 15.0 Å². The molecule has 47 heavy (non-hydrogen) atoms. The van der Waals surface area contributed by atoms with Crippen molar-refractivity contribution < 1.29 is 25.6 Å². The van der Waals surface area contributed by atoms with Gasteiger partial charge in [-0.2, -0.15) is 0 Å². The molecule has 3 nitrogen and oxygen atoms in total. The summed E-state index contributed by atoms with van der Waals surface area (Å²) in [7, 11) is 0. The maximum atomic E-state index is 8.21. The van der Waals surface area contributed by atoms with Crippen LogP contribution in [0.1, 0.15) is 29.3 Å². The molecule has 4 aromatic carbocycles. The second-order valence-corrected chi connectivity index (χ2v) is 10.3. The van der Waals surface area contributed by atoms with Crippen LogP contribution in [0.2, 0.25) is 0 Å². The molecule has 0 bridgehead atoms. The standard InChI is InChI=1S/C19H16N.2C12H10N.Ir/c1-2-15-13-19(17-11-7-4-8-12-17)20-14-18(15)16-9-5-3-6-10-16;2*1-10-6-5-9-12(13-10)11-7-3-2-4-8-11;/h3-11,13-14H,2H2,1H3;2*2-7,9H,1H3;/q3*-1;+3/i1D3,2D;;;. The topological polar surface area (TPSA) is 38.7 Å². The number of aryl methyl sites for hydroxylation is 3. The van der Waals surface area contributed by atoms with Crippen LogP contribution in [0.15, 0.2) is 152 Å². The fourth-order valence-electron chi connectivity index (χ4n) is 4.64. The summed E-state index contributed by atoms with van der Waals surface area (Å²) in [6, 6.07) is 55.6. The van der Waals surface area contributed by atoms with Gasteiger partial charge < -0.3 is 15.0 Å². The average Bonchev–Trinajstić information content (AvgIpc) is 3.16. The minimum Gasteiger partial charge on any atom is -0.304 e. The van der Waals surface area contributed by atoms with E-state index < -0.39 is 13.2 Å². The van der Waals surface area contributed by atoms with Crippen LogP contribution >= 0.6 is 0 Å². The van der Waals surface area contributed by atoms with E-state index in [1.165, 1.54) is 0 Å². The Hall–Kier alpha value is -5.02. The number of hydrogen-bond donors (Lipinski definition) is 0. The number of pyridine rings is 3. The van der Waals surface area contributed by atoms with Crippen molar-refractivity contribution in [2.75, 3.05) is 0 Å². The van der Waals surface area contributed by atoms with E-state index in [-0.39, 0.29) is 20.1 Å². The molecule has 0 aliphatic rings. The molecular weight excluding hydrogens is 751 g/mol. The van der Waals surface area contributed by atoms with E-state index >= 15 is 0 Å². The van der Waals surface area contributed by atoms with Crippen molar-refractivity contribution in [1.29, 1.82) is 0 Å². The van der Waals surface area contributed by atoms with Crippen LogP contribution in [0.3, 0.4) is 0 Å². The van der Waals surface area contributed by atoms with Gasteiger partial charge >= 0.3 is 20.1 Å². The smallest absolute Gasteiger partial charge is 0.304 e. The van der Waals surface area contributed by atoms with Gasteiger partial charge in [0.15, 0.2) is 0 Å². The van der Waals surface area contributed by atoms with Crippen LogP contribution in [0, 0.1) is 32.0 Å². The van der Waals surface area contributed by atoms with Crippen LogP contribution in [0.5, 0.6) is 0 Å². The van der Waals surface area contributed by atoms with E-state index in [4.69, 9.17) is 5.48 Å². The van der Waals surface area contributed by atoms with Gasteiger partial charge in [0.05, 0.1) is 0 Å². The van der Waals surface area contributed by atoms with E-state index in [2.05, 4.69) is 33.2 Å². The average molecular weight is 791 g/mol. The Morgan fingerprint density at radius 1 is 0.574 bits per heavy atom. The summed E-state index contributed by atoms with van der Waals surface area (Å²) < 4.78 is 31.1. The monoisotopic (exact) mass is 791 g/mol. The predicted molar refractivity (Wildman–Crippen MR) is 190 cm³/mol. The quantitative estimate of drug-likeness (QED) is 0.163. The molecule has 0 amide bonds. The summed E-state index contributed by atoms with van der Waals surface area (Å²) >= 11 is 0. The molecule has 3 heterocycles. The summed E-state index contributed by atoms with van der Waals surface area (Å²) in [4.78, 5) is 13.3. The first-order valence-corrected chi connectivity index (χ1v) is 15.0. The fraction of sp³-hybridized carbons (Fsp3) is 0.0930. The SMILES string of the molecule is Cc1cccc(-c2[c-]cccc2)n1.Cc1cccc(-c2[c-]cccc2)n1.[2H]C(c1cc(-c2[c-]cccc2)ncc1-c1ccccc1)C([2H])([2H])[2H].[Ir+3]. The van der Waals surface area contributed by atoms with Crippen molar-refractivity contribution in [2.24, 2.45) is 0 Å². The van der Waals surface area contributed by atoms with Crippen LogP contribution in [0.4, 0.5) is 0 Å². The molecule has 0 radical (unpaired) electrons. The van der Waals surface area contributed by atoms with Gasteiger partial charge in [0.2, 0.25) is 0 Å². The molecule has 7 rings (SSSR count). The first-order valence-electron chi connectivity index (χ1n) is 17.0. The van der Waals surface area contributed by atoms with Gasteiger partial charge in [-0.15, -0.1) is 108 Å². The van der Waals surface area contributed by atoms with Crippen molar-refractivity contribution in [3.8, 4) is 44.9 Å². The summed E-state index contributed by atoms with van der Waals surface area (Å²) in [5, 5.41) is 0. The Labute approximate surface area is 298 Å². The van der Waals surface area contributed by atoms with Crippen molar-refractivity contribution >= 4 is 0 Å². The minimum absolute atomic E-state index is 0. The first kappa shape index (κ1) is 29.4. The molecule has 1 unspecified atom stereocenters. The Bertz CT molecular complexity index is 2000. The third-order valence-corrected chi connectivity index (χ3v) is 6.91. The molecule has 0 saturated carbocycles. The van der Waals surface area contributed by atoms with E-state index in [1.54, 1.807) is 18.3 Å². The zero-order valence-electron chi connectivity index (χ0n) is 30.2. The van der Waals surface area contributed by atoms with Crippen LogP contribution in [-0.2, 0) is 26.5 Å². The van der Waals surface area contributed by atoms with E-state index in [1.807, 2.05) is 147 Å². The van der Waals surface area contributed by atoms with Gasteiger partial charge in [-0.25, -0.2) is 0 Å². The summed E-state index contributed by atoms with van der Waals surface area (Å²) in [6.07, 6.45) is 0.312. The minimum atomic E-state index is -2.40. The number of benzene rings is 4. The third-order valence-electron chi connectivity index (χ3n) is 6.91. The Balaban J connectivity index is 0.000000184. The molecule has 1 atom stereocenters. The molecule has 0 fully saturated rings. The summed E-state index contributed by atoms with van der Waals surface area (Å²) in [6.45, 7) is 1.58.